The highest BCUT2D eigenvalue weighted by molar-refractivity contribution is 7.87. The molecule has 1 N–H and O–H groups in total. The number of hydrogen-bond acceptors (Lipinski definition) is 4. The normalized spacial score (nSPS) is 25.7. The fourth-order valence-corrected chi connectivity index (χ4v) is 5.84. The Morgan fingerprint density at radius 3 is 2.81 bits per heavy atom. The van der Waals surface area contributed by atoms with Crippen molar-refractivity contribution in [2.24, 2.45) is 0 Å². The largest absolute Gasteiger partial charge is 0.311 e. The molecule has 0 saturated carbocycles. The molecule has 0 bridgehead atoms. The van der Waals surface area contributed by atoms with Gasteiger partial charge in [0.15, 0.2) is 0 Å². The van der Waals surface area contributed by atoms with Gasteiger partial charge in [0.1, 0.15) is 6.04 Å². The van der Waals surface area contributed by atoms with Gasteiger partial charge in [0.2, 0.25) is 5.91 Å². The van der Waals surface area contributed by atoms with Crippen LogP contribution in [0.3, 0.4) is 0 Å². The molecule has 2 atom stereocenters. The first kappa shape index (κ1) is 17.7. The number of nitrogens with zero attached hydrogens (tertiary/aromatic N) is 2. The summed E-state index contributed by atoms with van der Waals surface area (Å²) in [4.78, 5) is 16.0. The van der Waals surface area contributed by atoms with Crippen LogP contribution in [0.4, 0.5) is 5.69 Å². The van der Waals surface area contributed by atoms with E-state index in [4.69, 9.17) is 0 Å². The molecule has 3 heterocycles. The van der Waals surface area contributed by atoms with Crippen LogP contribution in [0.2, 0.25) is 0 Å². The lowest BCUT2D eigenvalue weighted by Gasteiger charge is -2.39. The summed E-state index contributed by atoms with van der Waals surface area (Å²) < 4.78 is 29.0. The van der Waals surface area contributed by atoms with Crippen LogP contribution in [0.1, 0.15) is 29.3 Å². The fraction of sp³-hybridized carbons (Fsp3) is 0.389. The lowest BCUT2D eigenvalue weighted by Crippen LogP contribution is -2.58. The van der Waals surface area contributed by atoms with E-state index in [0.29, 0.717) is 13.0 Å². The highest BCUT2D eigenvalue weighted by Crippen LogP contribution is 2.33. The highest BCUT2D eigenvalue weighted by atomic mass is 32.2. The first-order valence-corrected chi connectivity index (χ1v) is 11.0. The number of carbonyl (C=O) groups is 1. The van der Waals surface area contributed by atoms with Crippen molar-refractivity contribution in [2.75, 3.05) is 18.5 Å². The average Bonchev–Trinajstić information content (AvgIpc) is 3.17. The number of rotatable bonds is 2. The van der Waals surface area contributed by atoms with E-state index < -0.39 is 16.3 Å². The van der Waals surface area contributed by atoms with Crippen LogP contribution in [0.15, 0.2) is 41.8 Å². The van der Waals surface area contributed by atoms with E-state index in [1.54, 1.807) is 4.90 Å². The van der Waals surface area contributed by atoms with Gasteiger partial charge in [0.25, 0.3) is 10.2 Å². The Morgan fingerprint density at radius 1 is 1.23 bits per heavy atom. The summed E-state index contributed by atoms with van der Waals surface area (Å²) >= 11 is 1.50. The van der Waals surface area contributed by atoms with Crippen molar-refractivity contribution in [2.45, 2.75) is 31.3 Å². The van der Waals surface area contributed by atoms with Gasteiger partial charge in [-0.2, -0.15) is 17.4 Å². The molecule has 4 rings (SSSR count). The summed E-state index contributed by atoms with van der Waals surface area (Å²) in [5.74, 6) is -0.147. The van der Waals surface area contributed by atoms with Gasteiger partial charge in [-0.15, -0.1) is 11.3 Å². The van der Waals surface area contributed by atoms with Crippen molar-refractivity contribution >= 4 is 33.1 Å². The Hall–Kier alpha value is -1.74. The number of para-hydroxylation sites is 1. The van der Waals surface area contributed by atoms with Gasteiger partial charge >= 0.3 is 0 Å². The molecule has 0 radical (unpaired) electrons. The second kappa shape index (κ2) is 6.77. The zero-order chi connectivity index (χ0) is 18.3. The quantitative estimate of drug-likeness (QED) is 0.854. The van der Waals surface area contributed by atoms with Gasteiger partial charge in [0, 0.05) is 24.2 Å². The van der Waals surface area contributed by atoms with E-state index in [1.807, 2.05) is 41.8 Å². The minimum Gasteiger partial charge on any atom is -0.311 e. The van der Waals surface area contributed by atoms with Crippen LogP contribution in [-0.2, 0) is 21.4 Å². The number of anilines is 1. The minimum atomic E-state index is -3.70. The van der Waals surface area contributed by atoms with Crippen molar-refractivity contribution in [1.29, 1.82) is 0 Å². The predicted molar refractivity (Wildman–Crippen MR) is 102 cm³/mol. The molecule has 0 aliphatic carbocycles. The standard InChI is InChI=1S/C18H21N3O3S2/c1-20-16(12-14(19-26(20,23)24)17-9-5-11-25-17)18(22)21-10-4-7-13-6-2-3-8-15(13)21/h2-3,5-6,8-9,11,14,16,19H,4,7,10,12H2,1H3/t14-,16+/m0/s1. The summed E-state index contributed by atoms with van der Waals surface area (Å²) in [6, 6.07) is 10.6. The number of amides is 1. The molecule has 1 saturated heterocycles. The number of carbonyl (C=O) groups excluding carboxylic acids is 1. The molecule has 1 amide bonds. The molecule has 2 aromatic rings. The predicted octanol–water partition coefficient (Wildman–Crippen LogP) is 2.31. The number of hydrogen-bond donors (Lipinski definition) is 1. The third-order valence-electron chi connectivity index (χ3n) is 5.12. The molecule has 1 aromatic heterocycles. The Kier molecular flexibility index (Phi) is 4.60. The van der Waals surface area contributed by atoms with E-state index in [9.17, 15) is 13.2 Å². The van der Waals surface area contributed by atoms with E-state index in [-0.39, 0.29) is 11.9 Å². The van der Waals surface area contributed by atoms with Gasteiger partial charge in [0.05, 0.1) is 6.04 Å². The van der Waals surface area contributed by atoms with E-state index in [1.165, 1.54) is 22.7 Å². The molecular formula is C18H21N3O3S2. The molecule has 0 spiro atoms. The van der Waals surface area contributed by atoms with Crippen molar-refractivity contribution in [3.05, 3.63) is 52.2 Å². The van der Waals surface area contributed by atoms with Gasteiger partial charge in [-0.3, -0.25) is 4.79 Å². The maximum atomic E-state index is 13.3. The van der Waals surface area contributed by atoms with Crippen molar-refractivity contribution < 1.29 is 13.2 Å². The molecule has 6 nitrogen and oxygen atoms in total. The summed E-state index contributed by atoms with van der Waals surface area (Å²) in [7, 11) is -2.23. The van der Waals surface area contributed by atoms with Gasteiger partial charge in [-0.1, -0.05) is 24.3 Å². The van der Waals surface area contributed by atoms with Crippen LogP contribution in [0, 0.1) is 0 Å². The topological polar surface area (TPSA) is 69.7 Å². The lowest BCUT2D eigenvalue weighted by molar-refractivity contribution is -0.122. The molecule has 2 aliphatic heterocycles. The number of likely N-dealkylation sites (N-methyl/N-ethyl adjacent to an activating group) is 1. The minimum absolute atomic E-state index is 0.147. The fourth-order valence-electron chi connectivity index (χ4n) is 3.71. The van der Waals surface area contributed by atoms with Crippen LogP contribution < -0.4 is 9.62 Å². The molecule has 2 aliphatic rings. The zero-order valence-electron chi connectivity index (χ0n) is 14.5. The molecular weight excluding hydrogens is 370 g/mol. The second-order valence-corrected chi connectivity index (χ2v) is 9.42. The van der Waals surface area contributed by atoms with Gasteiger partial charge in [-0.05, 0) is 42.3 Å². The summed E-state index contributed by atoms with van der Waals surface area (Å²) in [5.41, 5.74) is 2.04. The monoisotopic (exact) mass is 391 g/mol. The summed E-state index contributed by atoms with van der Waals surface area (Å²) in [5, 5.41) is 1.92. The Morgan fingerprint density at radius 2 is 2.04 bits per heavy atom. The Bertz CT molecular complexity index is 912. The molecule has 1 aromatic carbocycles. The SMILES string of the molecule is CN1[C@@H](C(=O)N2CCCc3ccccc32)C[C@@H](c2cccs2)NS1(=O)=O. The van der Waals surface area contributed by atoms with Crippen molar-refractivity contribution in [3.8, 4) is 0 Å². The van der Waals surface area contributed by atoms with Gasteiger partial charge in [-0.25, -0.2) is 0 Å². The van der Waals surface area contributed by atoms with E-state index in [2.05, 4.69) is 4.72 Å². The van der Waals surface area contributed by atoms with Crippen LogP contribution in [0.5, 0.6) is 0 Å². The number of benzene rings is 1. The number of thiophene rings is 1. The van der Waals surface area contributed by atoms with E-state index >= 15 is 0 Å². The number of nitrogens with one attached hydrogen (secondary N) is 1. The van der Waals surface area contributed by atoms with Crippen LogP contribution in [0.25, 0.3) is 0 Å². The maximum Gasteiger partial charge on any atom is 0.280 e. The van der Waals surface area contributed by atoms with Crippen LogP contribution >= 0.6 is 11.3 Å². The smallest absolute Gasteiger partial charge is 0.280 e. The molecule has 138 valence electrons. The second-order valence-electron chi connectivity index (χ2n) is 6.68. The zero-order valence-corrected chi connectivity index (χ0v) is 16.1. The first-order valence-electron chi connectivity index (χ1n) is 8.65. The van der Waals surface area contributed by atoms with Crippen molar-refractivity contribution in [1.82, 2.24) is 9.03 Å². The first-order chi connectivity index (χ1) is 12.5. The molecule has 0 unspecified atom stereocenters. The number of aryl methyl sites for hydroxylation is 1. The van der Waals surface area contributed by atoms with E-state index in [0.717, 1.165) is 29.0 Å². The Balaban J connectivity index is 1.66. The average molecular weight is 392 g/mol. The third kappa shape index (κ3) is 3.07. The van der Waals surface area contributed by atoms with Crippen LogP contribution in [-0.4, -0.2) is 38.3 Å². The summed E-state index contributed by atoms with van der Waals surface area (Å²) in [6.07, 6.45) is 2.25. The maximum absolute atomic E-state index is 13.3. The van der Waals surface area contributed by atoms with Gasteiger partial charge < -0.3 is 4.90 Å². The molecule has 8 heteroatoms. The molecule has 1 fully saturated rings. The molecule has 26 heavy (non-hydrogen) atoms. The third-order valence-corrected chi connectivity index (χ3v) is 7.70. The number of fused-ring (bicyclic) bond motifs is 1. The summed E-state index contributed by atoms with van der Waals surface area (Å²) in [6.45, 7) is 0.622. The highest BCUT2D eigenvalue weighted by Gasteiger charge is 2.43. The Labute approximate surface area is 157 Å². The van der Waals surface area contributed by atoms with Crippen molar-refractivity contribution in [3.63, 3.8) is 0 Å². The lowest BCUT2D eigenvalue weighted by atomic mass is 9.99.